The van der Waals surface area contributed by atoms with Crippen molar-refractivity contribution >= 4 is 16.6 Å². The highest BCUT2D eigenvalue weighted by atomic mass is 16.2. The Balaban J connectivity index is 2.14. The molecule has 24 heavy (non-hydrogen) atoms. The maximum absolute atomic E-state index is 12.6. The summed E-state index contributed by atoms with van der Waals surface area (Å²) >= 11 is 0. The van der Waals surface area contributed by atoms with Gasteiger partial charge >= 0.3 is 5.69 Å². The van der Waals surface area contributed by atoms with Crippen molar-refractivity contribution in [2.75, 3.05) is 6.54 Å². The van der Waals surface area contributed by atoms with Gasteiger partial charge in [-0.15, -0.1) is 5.10 Å². The molecule has 0 aliphatic heterocycles. The molecule has 0 aliphatic carbocycles. The molecule has 128 valence electrons. The SMILES string of the molecule is Cc1cc(C)c2cc(CNCCC(C)C)c3nn(C)c(=O)n3c2c1. The molecule has 0 saturated heterocycles. The standard InChI is InChI=1S/C19H26N4O/c1-12(2)6-7-20-11-15-10-16-14(4)8-13(3)9-17(16)23-18(15)21-22(5)19(23)24/h8-10,12,20H,6-7,11H2,1-5H3. The van der Waals surface area contributed by atoms with E-state index in [4.69, 9.17) is 0 Å². The van der Waals surface area contributed by atoms with E-state index in [0.717, 1.165) is 47.2 Å². The van der Waals surface area contributed by atoms with Crippen LogP contribution in [0.1, 0.15) is 37.0 Å². The number of rotatable bonds is 5. The summed E-state index contributed by atoms with van der Waals surface area (Å²) in [7, 11) is 1.71. The van der Waals surface area contributed by atoms with Gasteiger partial charge < -0.3 is 5.32 Å². The highest BCUT2D eigenvalue weighted by Crippen LogP contribution is 2.23. The van der Waals surface area contributed by atoms with Crippen LogP contribution in [0.15, 0.2) is 23.0 Å². The van der Waals surface area contributed by atoms with Crippen LogP contribution in [0.2, 0.25) is 0 Å². The summed E-state index contributed by atoms with van der Waals surface area (Å²) in [6, 6.07) is 6.40. The van der Waals surface area contributed by atoms with Gasteiger partial charge in [0, 0.05) is 24.5 Å². The first kappa shape index (κ1) is 16.7. The first-order valence-corrected chi connectivity index (χ1v) is 8.58. The minimum Gasteiger partial charge on any atom is -0.313 e. The summed E-state index contributed by atoms with van der Waals surface area (Å²) in [5.41, 5.74) is 4.99. The van der Waals surface area contributed by atoms with Crippen molar-refractivity contribution in [2.24, 2.45) is 13.0 Å². The Morgan fingerprint density at radius 1 is 1.21 bits per heavy atom. The molecule has 5 nitrogen and oxygen atoms in total. The van der Waals surface area contributed by atoms with E-state index in [1.807, 2.05) is 0 Å². The molecule has 0 spiro atoms. The zero-order chi connectivity index (χ0) is 17.4. The lowest BCUT2D eigenvalue weighted by Gasteiger charge is -2.11. The van der Waals surface area contributed by atoms with Crippen LogP contribution < -0.4 is 11.0 Å². The number of hydrogen-bond donors (Lipinski definition) is 1. The molecule has 3 aromatic rings. The lowest BCUT2D eigenvalue weighted by atomic mass is 10.0. The molecule has 2 aromatic heterocycles. The minimum absolute atomic E-state index is 0.0935. The number of nitrogens with one attached hydrogen (secondary N) is 1. The first-order chi connectivity index (χ1) is 11.4. The average Bonchev–Trinajstić information content (AvgIpc) is 2.80. The molecule has 0 saturated carbocycles. The quantitative estimate of drug-likeness (QED) is 0.734. The van der Waals surface area contributed by atoms with E-state index in [1.165, 1.54) is 10.2 Å². The predicted molar refractivity (Wildman–Crippen MR) is 98.6 cm³/mol. The number of nitrogens with zero attached hydrogens (tertiary/aromatic N) is 3. The van der Waals surface area contributed by atoms with Gasteiger partial charge in [0.2, 0.25) is 0 Å². The van der Waals surface area contributed by atoms with Crippen LogP contribution in [0.25, 0.3) is 16.6 Å². The fourth-order valence-corrected chi connectivity index (χ4v) is 3.20. The van der Waals surface area contributed by atoms with Gasteiger partial charge in [-0.05, 0) is 56.0 Å². The Labute approximate surface area is 142 Å². The Hall–Kier alpha value is -2.14. The summed E-state index contributed by atoms with van der Waals surface area (Å²) in [4.78, 5) is 12.6. The maximum Gasteiger partial charge on any atom is 0.350 e. The molecule has 0 aliphatic rings. The summed E-state index contributed by atoms with van der Waals surface area (Å²) in [5.74, 6) is 0.678. The second kappa shape index (κ2) is 6.40. The van der Waals surface area contributed by atoms with Crippen molar-refractivity contribution in [3.63, 3.8) is 0 Å². The van der Waals surface area contributed by atoms with Gasteiger partial charge in [-0.25, -0.2) is 13.9 Å². The molecule has 3 rings (SSSR count). The molecule has 0 radical (unpaired) electrons. The fraction of sp³-hybridized carbons (Fsp3) is 0.474. The molecule has 1 aromatic carbocycles. The van der Waals surface area contributed by atoms with Gasteiger partial charge in [-0.3, -0.25) is 0 Å². The molecule has 1 N–H and O–H groups in total. The molecule has 0 amide bonds. The number of aryl methyl sites for hydroxylation is 3. The third kappa shape index (κ3) is 2.96. The largest absolute Gasteiger partial charge is 0.350 e. The number of benzene rings is 1. The van der Waals surface area contributed by atoms with Crippen LogP contribution in [0.3, 0.4) is 0 Å². The van der Waals surface area contributed by atoms with E-state index < -0.39 is 0 Å². The highest BCUT2D eigenvalue weighted by Gasteiger charge is 2.14. The minimum atomic E-state index is -0.0935. The second-order valence-electron chi connectivity index (χ2n) is 7.11. The summed E-state index contributed by atoms with van der Waals surface area (Å²) in [5, 5.41) is 9.06. The van der Waals surface area contributed by atoms with Crippen LogP contribution in [-0.4, -0.2) is 20.7 Å². The van der Waals surface area contributed by atoms with Crippen molar-refractivity contribution in [3.8, 4) is 0 Å². The van der Waals surface area contributed by atoms with E-state index in [1.54, 1.807) is 11.4 Å². The van der Waals surface area contributed by atoms with Crippen LogP contribution >= 0.6 is 0 Å². The van der Waals surface area contributed by atoms with E-state index >= 15 is 0 Å². The Morgan fingerprint density at radius 3 is 2.67 bits per heavy atom. The summed E-state index contributed by atoms with van der Waals surface area (Å²) < 4.78 is 3.17. The van der Waals surface area contributed by atoms with Gasteiger partial charge in [-0.1, -0.05) is 19.9 Å². The van der Waals surface area contributed by atoms with Crippen molar-refractivity contribution in [1.82, 2.24) is 19.5 Å². The maximum atomic E-state index is 12.6. The number of pyridine rings is 1. The van der Waals surface area contributed by atoms with E-state index in [-0.39, 0.29) is 5.69 Å². The average molecular weight is 326 g/mol. The Morgan fingerprint density at radius 2 is 1.96 bits per heavy atom. The van der Waals surface area contributed by atoms with Gasteiger partial charge in [0.15, 0.2) is 5.65 Å². The second-order valence-corrected chi connectivity index (χ2v) is 7.11. The lowest BCUT2D eigenvalue weighted by molar-refractivity contribution is 0.538. The van der Waals surface area contributed by atoms with Gasteiger partial charge in [0.1, 0.15) is 0 Å². The molecule has 0 atom stereocenters. The van der Waals surface area contributed by atoms with E-state index in [0.29, 0.717) is 5.92 Å². The molecule has 0 bridgehead atoms. The smallest absolute Gasteiger partial charge is 0.313 e. The van der Waals surface area contributed by atoms with Crippen molar-refractivity contribution in [3.05, 3.63) is 45.4 Å². The Bertz CT molecular complexity index is 950. The molecule has 0 fully saturated rings. The Kier molecular flexibility index (Phi) is 4.45. The van der Waals surface area contributed by atoms with E-state index in [2.05, 4.69) is 56.3 Å². The van der Waals surface area contributed by atoms with Crippen molar-refractivity contribution in [2.45, 2.75) is 40.7 Å². The zero-order valence-electron chi connectivity index (χ0n) is 15.2. The van der Waals surface area contributed by atoms with Crippen molar-refractivity contribution < 1.29 is 0 Å². The molecular weight excluding hydrogens is 300 g/mol. The highest BCUT2D eigenvalue weighted by molar-refractivity contribution is 5.87. The topological polar surface area (TPSA) is 51.3 Å². The molecule has 2 heterocycles. The fourth-order valence-electron chi connectivity index (χ4n) is 3.20. The third-order valence-electron chi connectivity index (χ3n) is 4.49. The van der Waals surface area contributed by atoms with Crippen LogP contribution in [0.4, 0.5) is 0 Å². The number of aromatic nitrogens is 3. The molecular formula is C19H26N4O. The van der Waals surface area contributed by atoms with Gasteiger partial charge in [0.05, 0.1) is 5.52 Å². The number of hydrogen-bond acceptors (Lipinski definition) is 3. The lowest BCUT2D eigenvalue weighted by Crippen LogP contribution is -2.19. The van der Waals surface area contributed by atoms with Crippen LogP contribution in [0, 0.1) is 19.8 Å². The monoisotopic (exact) mass is 326 g/mol. The van der Waals surface area contributed by atoms with Crippen molar-refractivity contribution in [1.29, 1.82) is 0 Å². The zero-order valence-corrected chi connectivity index (χ0v) is 15.2. The normalized spacial score (nSPS) is 11.9. The van der Waals surface area contributed by atoms with Gasteiger partial charge in [0.25, 0.3) is 0 Å². The molecule has 0 unspecified atom stereocenters. The van der Waals surface area contributed by atoms with Crippen LogP contribution in [0.5, 0.6) is 0 Å². The summed E-state index contributed by atoms with van der Waals surface area (Å²) in [6.07, 6.45) is 1.14. The molecule has 5 heteroatoms. The first-order valence-electron chi connectivity index (χ1n) is 8.58. The van der Waals surface area contributed by atoms with Gasteiger partial charge in [-0.2, -0.15) is 0 Å². The van der Waals surface area contributed by atoms with Crippen LogP contribution in [-0.2, 0) is 13.6 Å². The van der Waals surface area contributed by atoms with E-state index in [9.17, 15) is 4.79 Å². The number of fused-ring (bicyclic) bond motifs is 3. The predicted octanol–water partition coefficient (Wildman–Crippen LogP) is 2.94. The summed E-state index contributed by atoms with van der Waals surface area (Å²) in [6.45, 7) is 10.3. The third-order valence-corrected chi connectivity index (χ3v) is 4.49.